The van der Waals surface area contributed by atoms with Gasteiger partial charge in [-0.05, 0) is 47.5 Å². The summed E-state index contributed by atoms with van der Waals surface area (Å²) in [6.07, 6.45) is 3.21. The first kappa shape index (κ1) is 15.8. The Morgan fingerprint density at radius 3 is 1.95 bits per heavy atom. The highest BCUT2D eigenvalue weighted by atomic mass is 16.6. The Labute approximate surface area is 114 Å². The molecule has 1 amide bonds. The van der Waals surface area contributed by atoms with Crippen LogP contribution in [0.1, 0.15) is 60.3 Å². The van der Waals surface area contributed by atoms with Gasteiger partial charge in [-0.2, -0.15) is 0 Å². The molecule has 110 valence electrons. The highest BCUT2D eigenvalue weighted by Gasteiger charge is 2.44. The molecule has 19 heavy (non-hydrogen) atoms. The largest absolute Gasteiger partial charge is 0.480 e. The molecule has 1 aliphatic carbocycles. The van der Waals surface area contributed by atoms with E-state index in [0.717, 1.165) is 25.7 Å². The molecule has 0 bridgehead atoms. The van der Waals surface area contributed by atoms with Gasteiger partial charge in [0.25, 0.3) is 0 Å². The molecule has 0 heterocycles. The molecule has 0 aromatic rings. The maximum absolute atomic E-state index is 12.3. The second kappa shape index (κ2) is 5.39. The SMILES string of the molecule is CC(C)(C)OC(=O)N(C1CCCC1)C(C)(C)C(=O)O. The molecule has 0 saturated heterocycles. The third-order valence-electron chi connectivity index (χ3n) is 3.41. The van der Waals surface area contributed by atoms with E-state index in [2.05, 4.69) is 0 Å². The molecule has 1 aliphatic rings. The maximum atomic E-state index is 12.3. The van der Waals surface area contributed by atoms with Crippen LogP contribution in [-0.2, 0) is 9.53 Å². The van der Waals surface area contributed by atoms with E-state index >= 15 is 0 Å². The highest BCUT2D eigenvalue weighted by Crippen LogP contribution is 2.31. The standard InChI is InChI=1S/C14H25NO4/c1-13(2,3)19-12(18)15(10-8-6-7-9-10)14(4,5)11(16)17/h10H,6-9H2,1-5H3,(H,16,17). The quantitative estimate of drug-likeness (QED) is 0.856. The van der Waals surface area contributed by atoms with Crippen LogP contribution in [0.25, 0.3) is 0 Å². The maximum Gasteiger partial charge on any atom is 0.411 e. The Hall–Kier alpha value is -1.26. The van der Waals surface area contributed by atoms with Crippen molar-refractivity contribution in [1.82, 2.24) is 4.90 Å². The van der Waals surface area contributed by atoms with Gasteiger partial charge in [0.1, 0.15) is 11.1 Å². The van der Waals surface area contributed by atoms with Crippen LogP contribution in [0, 0.1) is 0 Å². The zero-order valence-electron chi connectivity index (χ0n) is 12.5. The van der Waals surface area contributed by atoms with Gasteiger partial charge in [0, 0.05) is 6.04 Å². The molecule has 0 unspecified atom stereocenters. The average Bonchev–Trinajstić information content (AvgIpc) is 2.67. The summed E-state index contributed by atoms with van der Waals surface area (Å²) in [4.78, 5) is 25.2. The minimum Gasteiger partial charge on any atom is -0.480 e. The van der Waals surface area contributed by atoms with Crippen LogP contribution in [0.2, 0.25) is 0 Å². The van der Waals surface area contributed by atoms with Crippen molar-refractivity contribution in [2.24, 2.45) is 0 Å². The van der Waals surface area contributed by atoms with Gasteiger partial charge < -0.3 is 9.84 Å². The van der Waals surface area contributed by atoms with Crippen LogP contribution in [0.5, 0.6) is 0 Å². The molecular formula is C14H25NO4. The van der Waals surface area contributed by atoms with Gasteiger partial charge >= 0.3 is 12.1 Å². The van der Waals surface area contributed by atoms with Crippen LogP contribution in [0.4, 0.5) is 4.79 Å². The zero-order valence-corrected chi connectivity index (χ0v) is 12.5. The first-order valence-electron chi connectivity index (χ1n) is 6.81. The fourth-order valence-electron chi connectivity index (χ4n) is 2.41. The molecule has 1 N–H and O–H groups in total. The third-order valence-corrected chi connectivity index (χ3v) is 3.41. The van der Waals surface area contributed by atoms with E-state index in [1.54, 1.807) is 34.6 Å². The molecule has 0 aliphatic heterocycles. The van der Waals surface area contributed by atoms with E-state index in [0.29, 0.717) is 0 Å². The average molecular weight is 271 g/mol. The van der Waals surface area contributed by atoms with Crippen LogP contribution in [0.3, 0.4) is 0 Å². The summed E-state index contributed by atoms with van der Waals surface area (Å²) in [7, 11) is 0. The minimum absolute atomic E-state index is 0.0408. The van der Waals surface area contributed by atoms with Gasteiger partial charge in [-0.3, -0.25) is 4.90 Å². The van der Waals surface area contributed by atoms with Crippen molar-refractivity contribution in [3.63, 3.8) is 0 Å². The van der Waals surface area contributed by atoms with Crippen molar-refractivity contribution < 1.29 is 19.4 Å². The number of carboxylic acid groups (broad SMARTS) is 1. The van der Waals surface area contributed by atoms with Gasteiger partial charge in [0.2, 0.25) is 0 Å². The molecule has 5 heteroatoms. The Morgan fingerprint density at radius 1 is 1.11 bits per heavy atom. The van der Waals surface area contributed by atoms with E-state index in [1.807, 2.05) is 0 Å². The zero-order chi connectivity index (χ0) is 14.8. The number of rotatable bonds is 3. The number of hydrogen-bond donors (Lipinski definition) is 1. The van der Waals surface area contributed by atoms with E-state index < -0.39 is 23.2 Å². The summed E-state index contributed by atoms with van der Waals surface area (Å²) in [5.74, 6) is -1.01. The number of amides is 1. The van der Waals surface area contributed by atoms with Crippen molar-refractivity contribution in [1.29, 1.82) is 0 Å². The summed E-state index contributed by atoms with van der Waals surface area (Å²) < 4.78 is 5.37. The smallest absolute Gasteiger partial charge is 0.411 e. The summed E-state index contributed by atoms with van der Waals surface area (Å²) in [6, 6.07) is -0.0408. The second-order valence-electron chi connectivity index (χ2n) is 6.65. The van der Waals surface area contributed by atoms with Gasteiger partial charge in [0.05, 0.1) is 0 Å². The molecule has 1 fully saturated rings. The fraction of sp³-hybridized carbons (Fsp3) is 0.857. The van der Waals surface area contributed by atoms with E-state index in [1.165, 1.54) is 4.90 Å². The normalized spacial score (nSPS) is 17.3. The molecule has 0 aromatic heterocycles. The van der Waals surface area contributed by atoms with Crippen molar-refractivity contribution in [3.05, 3.63) is 0 Å². The fourth-order valence-corrected chi connectivity index (χ4v) is 2.41. The predicted molar refractivity (Wildman–Crippen MR) is 72.0 cm³/mol. The van der Waals surface area contributed by atoms with Gasteiger partial charge in [0.15, 0.2) is 0 Å². The van der Waals surface area contributed by atoms with E-state index in [4.69, 9.17) is 4.74 Å². The number of hydrogen-bond acceptors (Lipinski definition) is 3. The first-order valence-corrected chi connectivity index (χ1v) is 6.81. The molecular weight excluding hydrogens is 246 g/mol. The Bertz CT molecular complexity index is 351. The first-order chi connectivity index (χ1) is 8.55. The van der Waals surface area contributed by atoms with Crippen LogP contribution < -0.4 is 0 Å². The van der Waals surface area contributed by atoms with Crippen LogP contribution in [0.15, 0.2) is 0 Å². The Kier molecular flexibility index (Phi) is 4.48. The second-order valence-corrected chi connectivity index (χ2v) is 6.65. The summed E-state index contributed by atoms with van der Waals surface area (Å²) in [5.41, 5.74) is -1.88. The van der Waals surface area contributed by atoms with Crippen molar-refractivity contribution >= 4 is 12.1 Å². The van der Waals surface area contributed by atoms with Crippen molar-refractivity contribution in [2.45, 2.75) is 77.5 Å². The summed E-state index contributed by atoms with van der Waals surface area (Å²) >= 11 is 0. The highest BCUT2D eigenvalue weighted by molar-refractivity contribution is 5.83. The van der Waals surface area contributed by atoms with Gasteiger partial charge in [-0.1, -0.05) is 12.8 Å². The molecule has 0 aromatic carbocycles. The molecule has 1 saturated carbocycles. The molecule has 0 spiro atoms. The third kappa shape index (κ3) is 3.85. The van der Waals surface area contributed by atoms with E-state index in [9.17, 15) is 14.7 Å². The lowest BCUT2D eigenvalue weighted by atomic mass is 10.00. The number of carbonyl (C=O) groups is 2. The number of ether oxygens (including phenoxy) is 1. The van der Waals surface area contributed by atoms with Crippen molar-refractivity contribution in [3.8, 4) is 0 Å². The van der Waals surface area contributed by atoms with Crippen LogP contribution in [-0.4, -0.2) is 39.3 Å². The lowest BCUT2D eigenvalue weighted by molar-refractivity contribution is -0.150. The molecule has 1 rings (SSSR count). The van der Waals surface area contributed by atoms with E-state index in [-0.39, 0.29) is 6.04 Å². The minimum atomic E-state index is -1.25. The lowest BCUT2D eigenvalue weighted by Gasteiger charge is -2.40. The van der Waals surface area contributed by atoms with Crippen LogP contribution >= 0.6 is 0 Å². The summed E-state index contributed by atoms with van der Waals surface area (Å²) in [5, 5.41) is 9.37. The number of nitrogens with zero attached hydrogens (tertiary/aromatic N) is 1. The van der Waals surface area contributed by atoms with Crippen molar-refractivity contribution in [2.75, 3.05) is 0 Å². The topological polar surface area (TPSA) is 66.8 Å². The summed E-state index contributed by atoms with van der Waals surface area (Å²) in [6.45, 7) is 8.46. The Balaban J connectivity index is 2.98. The number of carboxylic acids is 1. The van der Waals surface area contributed by atoms with Gasteiger partial charge in [-0.15, -0.1) is 0 Å². The monoisotopic (exact) mass is 271 g/mol. The van der Waals surface area contributed by atoms with Gasteiger partial charge in [-0.25, -0.2) is 9.59 Å². The number of carbonyl (C=O) groups excluding carboxylic acids is 1. The molecule has 0 atom stereocenters. The number of aliphatic carboxylic acids is 1. The molecule has 5 nitrogen and oxygen atoms in total. The Morgan fingerprint density at radius 2 is 1.58 bits per heavy atom. The lowest BCUT2D eigenvalue weighted by Crippen LogP contribution is -2.57. The predicted octanol–water partition coefficient (Wildman–Crippen LogP) is 3.03. The molecule has 0 radical (unpaired) electrons.